The van der Waals surface area contributed by atoms with E-state index in [4.69, 9.17) is 20.3 Å². The van der Waals surface area contributed by atoms with Gasteiger partial charge in [-0.1, -0.05) is 30.3 Å². The summed E-state index contributed by atoms with van der Waals surface area (Å²) in [7, 11) is 0. The van der Waals surface area contributed by atoms with Gasteiger partial charge in [0.1, 0.15) is 12.2 Å². The lowest BCUT2D eigenvalue weighted by molar-refractivity contribution is -0.244. The molecule has 0 bridgehead atoms. The average Bonchev–Trinajstić information content (AvgIpc) is 2.29. The first kappa shape index (κ1) is 12.0. The Balaban J connectivity index is 1.90. The normalized spacial score (nSPS) is 27.5. The number of carboxylic acids is 1. The van der Waals surface area contributed by atoms with Gasteiger partial charge in [0.15, 0.2) is 6.10 Å². The van der Waals surface area contributed by atoms with Crippen LogP contribution >= 0.6 is 0 Å². The largest absolute Gasteiger partial charge is 0.479 e. The van der Waals surface area contributed by atoms with Crippen LogP contribution in [0.25, 0.3) is 0 Å². The second-order valence-corrected chi connectivity index (χ2v) is 3.93. The highest BCUT2D eigenvalue weighted by atomic mass is 16.6. The number of hydrogen-bond acceptors (Lipinski definition) is 4. The Morgan fingerprint density at radius 2 is 2.12 bits per heavy atom. The lowest BCUT2D eigenvalue weighted by atomic mass is 10.0. The minimum Gasteiger partial charge on any atom is -0.479 e. The van der Waals surface area contributed by atoms with Gasteiger partial charge in [-0.3, -0.25) is 0 Å². The SMILES string of the molecule is NC[C@@H]1O[C@H](C(=O)O)[C@H]1OCc1ccccc1. The zero-order valence-electron chi connectivity index (χ0n) is 9.28. The molecule has 0 aliphatic carbocycles. The van der Waals surface area contributed by atoms with Crippen LogP contribution in [0.5, 0.6) is 0 Å². The highest BCUT2D eigenvalue weighted by molar-refractivity contribution is 5.74. The number of ether oxygens (including phenoxy) is 2. The number of carboxylic acid groups (broad SMARTS) is 1. The Morgan fingerprint density at radius 1 is 1.41 bits per heavy atom. The van der Waals surface area contributed by atoms with Gasteiger partial charge in [-0.25, -0.2) is 4.79 Å². The van der Waals surface area contributed by atoms with Gasteiger partial charge >= 0.3 is 5.97 Å². The monoisotopic (exact) mass is 237 g/mol. The maximum atomic E-state index is 10.8. The van der Waals surface area contributed by atoms with Crippen LogP contribution in [0, 0.1) is 0 Å². The van der Waals surface area contributed by atoms with Crippen molar-refractivity contribution in [3.05, 3.63) is 35.9 Å². The Bertz CT molecular complexity index is 381. The highest BCUT2D eigenvalue weighted by Crippen LogP contribution is 2.25. The topological polar surface area (TPSA) is 81.8 Å². The van der Waals surface area contributed by atoms with E-state index in [0.29, 0.717) is 6.61 Å². The molecule has 92 valence electrons. The fourth-order valence-corrected chi connectivity index (χ4v) is 1.80. The van der Waals surface area contributed by atoms with Gasteiger partial charge in [-0.2, -0.15) is 0 Å². The van der Waals surface area contributed by atoms with E-state index in [0.717, 1.165) is 5.56 Å². The van der Waals surface area contributed by atoms with Gasteiger partial charge in [-0.15, -0.1) is 0 Å². The zero-order valence-corrected chi connectivity index (χ0v) is 9.28. The minimum atomic E-state index is -1.01. The van der Waals surface area contributed by atoms with E-state index in [-0.39, 0.29) is 12.6 Å². The lowest BCUT2D eigenvalue weighted by Crippen LogP contribution is -2.61. The number of nitrogens with two attached hydrogens (primary N) is 1. The maximum absolute atomic E-state index is 10.8. The molecule has 1 aliphatic rings. The molecule has 0 saturated carbocycles. The van der Waals surface area contributed by atoms with Crippen molar-refractivity contribution in [2.24, 2.45) is 5.73 Å². The van der Waals surface area contributed by atoms with Crippen molar-refractivity contribution >= 4 is 5.97 Å². The lowest BCUT2D eigenvalue weighted by Gasteiger charge is -2.41. The molecule has 17 heavy (non-hydrogen) atoms. The molecular weight excluding hydrogens is 222 g/mol. The van der Waals surface area contributed by atoms with Crippen LogP contribution in [0.3, 0.4) is 0 Å². The second kappa shape index (κ2) is 5.27. The van der Waals surface area contributed by atoms with E-state index in [1.165, 1.54) is 0 Å². The van der Waals surface area contributed by atoms with Crippen LogP contribution < -0.4 is 5.73 Å². The van der Waals surface area contributed by atoms with Crippen molar-refractivity contribution in [2.75, 3.05) is 6.54 Å². The molecule has 1 saturated heterocycles. The highest BCUT2D eigenvalue weighted by Gasteiger charge is 2.47. The van der Waals surface area contributed by atoms with Crippen LogP contribution in [-0.2, 0) is 20.9 Å². The van der Waals surface area contributed by atoms with Crippen molar-refractivity contribution in [1.82, 2.24) is 0 Å². The van der Waals surface area contributed by atoms with Gasteiger partial charge in [0.2, 0.25) is 0 Å². The number of rotatable bonds is 5. The van der Waals surface area contributed by atoms with Crippen molar-refractivity contribution in [1.29, 1.82) is 0 Å². The molecule has 0 unspecified atom stereocenters. The van der Waals surface area contributed by atoms with Gasteiger partial charge in [0.25, 0.3) is 0 Å². The molecular formula is C12H15NO4. The smallest absolute Gasteiger partial charge is 0.335 e. The summed E-state index contributed by atoms with van der Waals surface area (Å²) in [6, 6.07) is 9.58. The van der Waals surface area contributed by atoms with Gasteiger partial charge in [0, 0.05) is 6.54 Å². The standard InChI is InChI=1S/C12H15NO4/c13-6-9-10(11(17-9)12(14)15)16-7-8-4-2-1-3-5-8/h1-5,9-11H,6-7,13H2,(H,14,15)/t9-,10-,11-/m0/s1. The number of benzene rings is 1. The number of hydrogen-bond donors (Lipinski definition) is 2. The summed E-state index contributed by atoms with van der Waals surface area (Å²) in [5.41, 5.74) is 6.46. The minimum absolute atomic E-state index is 0.267. The van der Waals surface area contributed by atoms with Crippen LogP contribution in [0.15, 0.2) is 30.3 Å². The first-order valence-electron chi connectivity index (χ1n) is 5.46. The third-order valence-electron chi connectivity index (χ3n) is 2.75. The van der Waals surface area contributed by atoms with Crippen LogP contribution in [0.2, 0.25) is 0 Å². The fraction of sp³-hybridized carbons (Fsp3) is 0.417. The molecule has 5 heteroatoms. The van der Waals surface area contributed by atoms with Crippen LogP contribution in [0.1, 0.15) is 5.56 Å². The summed E-state index contributed by atoms with van der Waals surface area (Å²) in [5, 5.41) is 8.87. The van der Waals surface area contributed by atoms with Crippen molar-refractivity contribution in [3.8, 4) is 0 Å². The molecule has 0 amide bonds. The number of carbonyl (C=O) groups is 1. The summed E-state index contributed by atoms with van der Waals surface area (Å²) in [6.45, 7) is 0.637. The van der Waals surface area contributed by atoms with Crippen LogP contribution in [-0.4, -0.2) is 35.9 Å². The van der Waals surface area contributed by atoms with E-state index in [9.17, 15) is 4.79 Å². The molecule has 1 heterocycles. The van der Waals surface area contributed by atoms with Gasteiger partial charge < -0.3 is 20.3 Å². The molecule has 0 radical (unpaired) electrons. The molecule has 1 aromatic rings. The van der Waals surface area contributed by atoms with Gasteiger partial charge in [-0.05, 0) is 5.56 Å². The average molecular weight is 237 g/mol. The molecule has 2 rings (SSSR count). The first-order chi connectivity index (χ1) is 8.22. The third-order valence-corrected chi connectivity index (χ3v) is 2.75. The molecule has 5 nitrogen and oxygen atoms in total. The van der Waals surface area contributed by atoms with E-state index < -0.39 is 18.2 Å². The quantitative estimate of drug-likeness (QED) is 0.773. The Labute approximate surface area is 99.1 Å². The molecule has 1 aliphatic heterocycles. The van der Waals surface area contributed by atoms with E-state index >= 15 is 0 Å². The predicted octanol–water partition coefficient (Wildman–Crippen LogP) is 0.383. The number of aliphatic carboxylic acids is 1. The second-order valence-electron chi connectivity index (χ2n) is 3.93. The van der Waals surface area contributed by atoms with Crippen molar-refractivity contribution < 1.29 is 19.4 Å². The molecule has 0 spiro atoms. The molecule has 3 N–H and O–H groups in total. The third kappa shape index (κ3) is 2.63. The van der Waals surface area contributed by atoms with E-state index in [1.807, 2.05) is 30.3 Å². The van der Waals surface area contributed by atoms with Crippen molar-refractivity contribution in [3.63, 3.8) is 0 Å². The summed E-state index contributed by atoms with van der Waals surface area (Å²) in [4.78, 5) is 10.8. The van der Waals surface area contributed by atoms with Gasteiger partial charge in [0.05, 0.1) is 6.61 Å². The Morgan fingerprint density at radius 3 is 2.71 bits per heavy atom. The summed E-state index contributed by atoms with van der Waals surface area (Å²) < 4.78 is 10.7. The first-order valence-corrected chi connectivity index (χ1v) is 5.46. The van der Waals surface area contributed by atoms with Crippen molar-refractivity contribution in [2.45, 2.75) is 24.9 Å². The summed E-state index contributed by atoms with van der Waals surface area (Å²) >= 11 is 0. The summed E-state index contributed by atoms with van der Waals surface area (Å²) in [5.74, 6) is -1.01. The molecule has 1 aromatic carbocycles. The molecule has 3 atom stereocenters. The summed E-state index contributed by atoms with van der Waals surface area (Å²) in [6.07, 6.45) is -1.68. The molecule has 0 aromatic heterocycles. The van der Waals surface area contributed by atoms with E-state index in [1.54, 1.807) is 0 Å². The predicted molar refractivity (Wildman–Crippen MR) is 60.4 cm³/mol. The Hall–Kier alpha value is -1.43. The van der Waals surface area contributed by atoms with E-state index in [2.05, 4.69) is 0 Å². The maximum Gasteiger partial charge on any atom is 0.335 e. The fourth-order valence-electron chi connectivity index (χ4n) is 1.80. The Kier molecular flexibility index (Phi) is 3.73. The molecule has 1 fully saturated rings. The van der Waals surface area contributed by atoms with Crippen LogP contribution in [0.4, 0.5) is 0 Å². The zero-order chi connectivity index (χ0) is 12.3.